The van der Waals surface area contributed by atoms with Gasteiger partial charge >= 0.3 is 5.97 Å². The van der Waals surface area contributed by atoms with Crippen LogP contribution < -0.4 is 0 Å². The Hall–Kier alpha value is -2.62. The van der Waals surface area contributed by atoms with Crippen molar-refractivity contribution in [2.24, 2.45) is 12.0 Å². The number of carbonyl (C=O) groups excluding carboxylic acids is 1. The molecule has 0 atom stereocenters. The molecule has 2 aromatic rings. The number of hydrogen-bond donors (Lipinski definition) is 0. The summed E-state index contributed by atoms with van der Waals surface area (Å²) in [5.74, 6) is 0.249. The third kappa shape index (κ3) is 3.75. The summed E-state index contributed by atoms with van der Waals surface area (Å²) in [6, 6.07) is 5.88. The van der Waals surface area contributed by atoms with E-state index in [2.05, 4.69) is 29.6 Å². The smallest absolute Gasteiger partial charge is 0.337 e. The van der Waals surface area contributed by atoms with E-state index >= 15 is 0 Å². The zero-order valence-electron chi connectivity index (χ0n) is 16.7. The number of carbonyl (C=O) groups is 1. The number of nitrogens with zero attached hydrogens (tertiary/aromatic N) is 2. The molecule has 0 N–H and O–H groups in total. The van der Waals surface area contributed by atoms with Crippen LogP contribution in [0, 0.1) is 0 Å². The first kappa shape index (κ1) is 19.2. The molecule has 142 valence electrons. The van der Waals surface area contributed by atoms with Crippen molar-refractivity contribution in [3.8, 4) is 0 Å². The van der Waals surface area contributed by atoms with Crippen LogP contribution in [-0.2, 0) is 11.8 Å². The van der Waals surface area contributed by atoms with Gasteiger partial charge in [-0.15, -0.1) is 0 Å². The van der Waals surface area contributed by atoms with Crippen molar-refractivity contribution in [2.75, 3.05) is 7.11 Å². The van der Waals surface area contributed by atoms with Crippen molar-refractivity contribution in [1.29, 1.82) is 0 Å². The van der Waals surface area contributed by atoms with Gasteiger partial charge in [-0.3, -0.25) is 4.99 Å². The molecule has 1 aliphatic carbocycles. The molecule has 4 heteroatoms. The molecular weight excluding hydrogens is 336 g/mol. The molecule has 0 aliphatic heterocycles. The summed E-state index contributed by atoms with van der Waals surface area (Å²) in [6.07, 6.45) is 12.7. The van der Waals surface area contributed by atoms with Crippen LogP contribution in [0.15, 0.2) is 47.6 Å². The summed E-state index contributed by atoms with van der Waals surface area (Å²) >= 11 is 0. The number of allylic oxidation sites excluding steroid dienone is 3. The minimum absolute atomic E-state index is 0.304. The second kappa shape index (κ2) is 8.38. The first-order chi connectivity index (χ1) is 13.1. The van der Waals surface area contributed by atoms with Crippen molar-refractivity contribution in [2.45, 2.75) is 45.4 Å². The van der Waals surface area contributed by atoms with E-state index < -0.39 is 0 Å². The van der Waals surface area contributed by atoms with E-state index in [0.717, 1.165) is 11.2 Å². The summed E-state index contributed by atoms with van der Waals surface area (Å²) < 4.78 is 7.08. The number of esters is 1. The van der Waals surface area contributed by atoms with Crippen LogP contribution in [0.5, 0.6) is 0 Å². The number of hydrogen-bond acceptors (Lipinski definition) is 3. The van der Waals surface area contributed by atoms with Crippen LogP contribution in [0.2, 0.25) is 0 Å². The topological polar surface area (TPSA) is 43.6 Å². The predicted molar refractivity (Wildman–Crippen MR) is 112 cm³/mol. The highest BCUT2D eigenvalue weighted by Gasteiger charge is 2.27. The first-order valence-corrected chi connectivity index (χ1v) is 9.61. The fraction of sp³-hybridized carbons (Fsp3) is 0.391. The summed E-state index contributed by atoms with van der Waals surface area (Å²) in [4.78, 5) is 16.6. The molecule has 0 unspecified atom stereocenters. The van der Waals surface area contributed by atoms with Gasteiger partial charge in [-0.05, 0) is 56.4 Å². The molecular formula is C23H28N2O2. The van der Waals surface area contributed by atoms with E-state index in [-0.39, 0.29) is 5.97 Å². The van der Waals surface area contributed by atoms with Gasteiger partial charge in [0, 0.05) is 24.2 Å². The van der Waals surface area contributed by atoms with Gasteiger partial charge in [0.15, 0.2) is 0 Å². The van der Waals surface area contributed by atoms with Crippen LogP contribution in [0.1, 0.15) is 67.1 Å². The van der Waals surface area contributed by atoms with Gasteiger partial charge in [-0.25, -0.2) is 4.79 Å². The van der Waals surface area contributed by atoms with E-state index in [1.807, 2.05) is 43.5 Å². The van der Waals surface area contributed by atoms with Crippen molar-refractivity contribution in [3.63, 3.8) is 0 Å². The van der Waals surface area contributed by atoms with Crippen LogP contribution in [0.25, 0.3) is 10.9 Å². The zero-order valence-corrected chi connectivity index (χ0v) is 16.7. The number of methoxy groups -OCH3 is 1. The number of aliphatic imine (C=N–C) groups is 1. The van der Waals surface area contributed by atoms with Crippen LogP contribution in [0.4, 0.5) is 0 Å². The van der Waals surface area contributed by atoms with Crippen molar-refractivity contribution in [1.82, 2.24) is 4.57 Å². The van der Waals surface area contributed by atoms with Crippen molar-refractivity contribution < 1.29 is 9.53 Å². The highest BCUT2D eigenvalue weighted by Crippen LogP contribution is 2.41. The van der Waals surface area contributed by atoms with Crippen molar-refractivity contribution in [3.05, 3.63) is 59.4 Å². The monoisotopic (exact) mass is 364 g/mol. The molecule has 3 rings (SSSR count). The molecule has 0 amide bonds. The normalized spacial score (nSPS) is 16.2. The predicted octanol–water partition coefficient (Wildman–Crippen LogP) is 5.52. The lowest BCUT2D eigenvalue weighted by atomic mass is 9.93. The van der Waals surface area contributed by atoms with Crippen LogP contribution >= 0.6 is 0 Å². The summed E-state index contributed by atoms with van der Waals surface area (Å²) in [7, 11) is 3.48. The van der Waals surface area contributed by atoms with E-state index in [4.69, 9.17) is 4.74 Å². The van der Waals surface area contributed by atoms with Gasteiger partial charge < -0.3 is 9.30 Å². The average Bonchev–Trinajstić information content (AvgIpc) is 3.30. The number of fused-ring (bicyclic) bond motifs is 1. The van der Waals surface area contributed by atoms with Crippen molar-refractivity contribution >= 4 is 22.6 Å². The largest absolute Gasteiger partial charge is 0.465 e. The Bertz CT molecular complexity index is 925. The Morgan fingerprint density at radius 1 is 1.26 bits per heavy atom. The van der Waals surface area contributed by atoms with Gasteiger partial charge in [0.25, 0.3) is 0 Å². The van der Waals surface area contributed by atoms with Gasteiger partial charge in [-0.2, -0.15) is 0 Å². The standard InChI is InChI=1S/C23H28N2O2/c1-5-6-9-14-24-16(2)22-21(17-10-7-8-11-17)19-13-12-18(23(26)27-4)15-20(19)25(22)3/h5-6,9,12-15,17H,7-8,10-11H2,1-4H3/b6-5-,14-9-,24-16?. The number of ether oxygens (including phenoxy) is 1. The summed E-state index contributed by atoms with van der Waals surface area (Å²) in [6.45, 7) is 4.05. The number of benzene rings is 1. The van der Waals surface area contributed by atoms with Gasteiger partial charge in [0.1, 0.15) is 0 Å². The van der Waals surface area contributed by atoms with E-state index in [0.29, 0.717) is 11.5 Å². The van der Waals surface area contributed by atoms with E-state index in [1.165, 1.54) is 49.4 Å². The van der Waals surface area contributed by atoms with E-state index in [1.54, 1.807) is 0 Å². The fourth-order valence-electron chi connectivity index (χ4n) is 4.15. The third-order valence-corrected chi connectivity index (χ3v) is 5.42. The van der Waals surface area contributed by atoms with Crippen LogP contribution in [-0.4, -0.2) is 23.4 Å². The highest BCUT2D eigenvalue weighted by atomic mass is 16.5. The second-order valence-electron chi connectivity index (χ2n) is 7.11. The highest BCUT2D eigenvalue weighted by molar-refractivity contribution is 6.06. The lowest BCUT2D eigenvalue weighted by Gasteiger charge is -2.13. The summed E-state index contributed by atoms with van der Waals surface area (Å²) in [5.41, 5.74) is 5.18. The maximum absolute atomic E-state index is 12.0. The molecule has 1 aromatic carbocycles. The third-order valence-electron chi connectivity index (χ3n) is 5.42. The van der Waals surface area contributed by atoms with Gasteiger partial charge in [0.05, 0.1) is 24.1 Å². The average molecular weight is 364 g/mol. The Morgan fingerprint density at radius 2 is 2.00 bits per heavy atom. The number of rotatable bonds is 5. The first-order valence-electron chi connectivity index (χ1n) is 9.61. The molecule has 0 saturated heterocycles. The van der Waals surface area contributed by atoms with Crippen LogP contribution in [0.3, 0.4) is 0 Å². The molecule has 27 heavy (non-hydrogen) atoms. The molecule has 1 aromatic heterocycles. The maximum atomic E-state index is 12.0. The Labute approximate surface area is 161 Å². The van der Waals surface area contributed by atoms with Gasteiger partial charge in [0.2, 0.25) is 0 Å². The second-order valence-corrected chi connectivity index (χ2v) is 7.11. The molecule has 0 spiro atoms. The SMILES string of the molecule is C/C=C\C=C/N=C(C)c1c(C2CCCC2)c2ccc(C(=O)OC)cc2n1C. The Morgan fingerprint density at radius 3 is 2.67 bits per heavy atom. The summed E-state index contributed by atoms with van der Waals surface area (Å²) in [5, 5.41) is 1.22. The molecule has 1 saturated carbocycles. The Balaban J connectivity index is 2.19. The fourth-order valence-corrected chi connectivity index (χ4v) is 4.15. The quantitative estimate of drug-likeness (QED) is 0.398. The molecule has 0 bridgehead atoms. The lowest BCUT2D eigenvalue weighted by molar-refractivity contribution is 0.0601. The molecule has 1 aliphatic rings. The molecule has 1 heterocycles. The lowest BCUT2D eigenvalue weighted by Crippen LogP contribution is -2.08. The molecule has 4 nitrogen and oxygen atoms in total. The number of aromatic nitrogens is 1. The molecule has 1 fully saturated rings. The Kier molecular flexibility index (Phi) is 5.94. The minimum atomic E-state index is -0.304. The number of aryl methyl sites for hydroxylation is 1. The van der Waals surface area contributed by atoms with Gasteiger partial charge in [-0.1, -0.05) is 31.1 Å². The van der Waals surface area contributed by atoms with E-state index in [9.17, 15) is 4.79 Å². The maximum Gasteiger partial charge on any atom is 0.337 e. The minimum Gasteiger partial charge on any atom is -0.465 e. The molecule has 0 radical (unpaired) electrons. The zero-order chi connectivity index (χ0) is 19.4.